The molecule has 0 bridgehead atoms. The summed E-state index contributed by atoms with van der Waals surface area (Å²) in [7, 11) is -0.258. The van der Waals surface area contributed by atoms with Crippen LogP contribution in [-0.4, -0.2) is 21.0 Å². The van der Waals surface area contributed by atoms with Gasteiger partial charge in [0, 0.05) is 6.61 Å². The normalized spacial score (nSPS) is 14.0. The molecule has 0 aliphatic carbocycles. The molecule has 12 heavy (non-hydrogen) atoms. The van der Waals surface area contributed by atoms with Crippen LogP contribution in [0.15, 0.2) is 0 Å². The van der Waals surface area contributed by atoms with E-state index < -0.39 is 0 Å². The first-order chi connectivity index (χ1) is 5.15. The van der Waals surface area contributed by atoms with Crippen molar-refractivity contribution in [3.8, 4) is 0 Å². The van der Waals surface area contributed by atoms with Gasteiger partial charge in [-0.25, -0.2) is 0 Å². The van der Waals surface area contributed by atoms with E-state index in [1.165, 1.54) is 0 Å². The third-order valence-electron chi connectivity index (χ3n) is 2.22. The monoisotopic (exact) mass is 187 g/mol. The van der Waals surface area contributed by atoms with Gasteiger partial charge in [-0.15, -0.1) is 0 Å². The fraction of sp³-hybridized carbons (Fsp3) is 1.00. The molecule has 0 aliphatic heterocycles. The topological polar surface area (TPSA) is 9.23 Å². The zero-order valence-electron chi connectivity index (χ0n) is 9.62. The lowest BCUT2D eigenvalue weighted by atomic mass is 10.1. The van der Waals surface area contributed by atoms with Crippen LogP contribution in [0.2, 0.25) is 18.1 Å². The highest BCUT2D eigenvalue weighted by Crippen LogP contribution is 2.29. The molecule has 1 radical (unpaired) electrons. The standard InChI is InChI=1S/C10H23OSi/c1-9(2,3)11-8-10(4,5)12(6)7/h8H2,1-7H3. The number of hydrogen-bond acceptors (Lipinski definition) is 1. The Morgan fingerprint density at radius 2 is 1.42 bits per heavy atom. The molecule has 0 spiro atoms. The van der Waals surface area contributed by atoms with E-state index in [0.29, 0.717) is 5.04 Å². The predicted octanol–water partition coefficient (Wildman–Crippen LogP) is 3.34. The van der Waals surface area contributed by atoms with E-state index in [4.69, 9.17) is 4.74 Å². The average molecular weight is 187 g/mol. The summed E-state index contributed by atoms with van der Waals surface area (Å²) in [6, 6.07) is 0. The fourth-order valence-electron chi connectivity index (χ4n) is 0.541. The largest absolute Gasteiger partial charge is 0.376 e. The Morgan fingerprint density at radius 1 is 1.00 bits per heavy atom. The second-order valence-corrected chi connectivity index (χ2v) is 8.64. The molecule has 0 aromatic carbocycles. The van der Waals surface area contributed by atoms with E-state index in [1.807, 2.05) is 0 Å². The second kappa shape index (κ2) is 3.92. The average Bonchev–Trinajstić information content (AvgIpc) is 1.82. The van der Waals surface area contributed by atoms with E-state index in [2.05, 4.69) is 47.7 Å². The molecule has 0 saturated heterocycles. The third-order valence-corrected chi connectivity index (χ3v) is 5.07. The van der Waals surface area contributed by atoms with Crippen molar-refractivity contribution in [1.82, 2.24) is 0 Å². The molecule has 0 rings (SSSR count). The Balaban J connectivity index is 3.93. The summed E-state index contributed by atoms with van der Waals surface area (Å²) in [6.07, 6.45) is 0. The Labute approximate surface area is 79.1 Å². The van der Waals surface area contributed by atoms with Crippen LogP contribution in [0.1, 0.15) is 34.6 Å². The maximum Gasteiger partial charge on any atom is 0.0598 e. The van der Waals surface area contributed by atoms with Gasteiger partial charge in [-0.3, -0.25) is 0 Å². The Kier molecular flexibility index (Phi) is 3.98. The SMILES string of the molecule is C[Si](C)C(C)(C)COC(C)(C)C. The summed E-state index contributed by atoms with van der Waals surface area (Å²) in [4.78, 5) is 0. The van der Waals surface area contributed by atoms with Gasteiger partial charge in [0.05, 0.1) is 14.4 Å². The summed E-state index contributed by atoms with van der Waals surface area (Å²) in [6.45, 7) is 16.5. The van der Waals surface area contributed by atoms with Crippen LogP contribution >= 0.6 is 0 Å². The Bertz CT molecular complexity index is 133. The summed E-state index contributed by atoms with van der Waals surface area (Å²) >= 11 is 0. The number of rotatable bonds is 3. The van der Waals surface area contributed by atoms with Gasteiger partial charge in [-0.1, -0.05) is 26.9 Å². The van der Waals surface area contributed by atoms with Crippen LogP contribution in [0.4, 0.5) is 0 Å². The van der Waals surface area contributed by atoms with Gasteiger partial charge >= 0.3 is 0 Å². The highest BCUT2D eigenvalue weighted by Gasteiger charge is 2.26. The van der Waals surface area contributed by atoms with Crippen LogP contribution in [0, 0.1) is 0 Å². The number of hydrogen-bond donors (Lipinski definition) is 0. The van der Waals surface area contributed by atoms with E-state index in [-0.39, 0.29) is 14.4 Å². The quantitative estimate of drug-likeness (QED) is 0.616. The summed E-state index contributed by atoms with van der Waals surface area (Å²) in [5.41, 5.74) is 0.00852. The van der Waals surface area contributed by atoms with Crippen LogP contribution in [0.25, 0.3) is 0 Å². The molecule has 73 valence electrons. The van der Waals surface area contributed by atoms with Gasteiger partial charge in [-0.05, 0) is 25.8 Å². The van der Waals surface area contributed by atoms with Crippen molar-refractivity contribution in [2.24, 2.45) is 0 Å². The molecule has 2 heteroatoms. The molecular weight excluding hydrogens is 164 g/mol. The van der Waals surface area contributed by atoms with Gasteiger partial charge in [0.25, 0.3) is 0 Å². The fourth-order valence-corrected chi connectivity index (χ4v) is 0.902. The minimum absolute atomic E-state index is 0.00852. The molecule has 0 aromatic heterocycles. The smallest absolute Gasteiger partial charge is 0.0598 e. The minimum Gasteiger partial charge on any atom is -0.376 e. The van der Waals surface area contributed by atoms with Crippen LogP contribution in [0.5, 0.6) is 0 Å². The minimum atomic E-state index is -0.258. The first-order valence-electron chi connectivity index (χ1n) is 4.60. The van der Waals surface area contributed by atoms with Gasteiger partial charge in [0.1, 0.15) is 0 Å². The second-order valence-electron chi connectivity index (χ2n) is 5.28. The number of ether oxygens (including phenoxy) is 1. The zero-order valence-corrected chi connectivity index (χ0v) is 10.6. The molecule has 0 saturated carbocycles. The predicted molar refractivity (Wildman–Crippen MR) is 57.2 cm³/mol. The Morgan fingerprint density at radius 3 is 1.67 bits per heavy atom. The van der Waals surface area contributed by atoms with Gasteiger partial charge in [-0.2, -0.15) is 0 Å². The van der Waals surface area contributed by atoms with Crippen LogP contribution < -0.4 is 0 Å². The Hall–Kier alpha value is 0.177. The van der Waals surface area contributed by atoms with Crippen molar-refractivity contribution in [2.75, 3.05) is 6.61 Å². The summed E-state index contributed by atoms with van der Waals surface area (Å²) in [5.74, 6) is 0. The first kappa shape index (κ1) is 12.2. The van der Waals surface area contributed by atoms with Crippen molar-refractivity contribution in [2.45, 2.75) is 58.4 Å². The van der Waals surface area contributed by atoms with Gasteiger partial charge in [0.15, 0.2) is 0 Å². The lowest BCUT2D eigenvalue weighted by Gasteiger charge is -2.31. The van der Waals surface area contributed by atoms with Crippen LogP contribution in [0.3, 0.4) is 0 Å². The first-order valence-corrected chi connectivity index (χ1v) is 7.10. The van der Waals surface area contributed by atoms with Crippen LogP contribution in [-0.2, 0) is 4.74 Å². The molecule has 0 aromatic rings. The highest BCUT2D eigenvalue weighted by molar-refractivity contribution is 6.59. The molecule has 0 amide bonds. The summed E-state index contributed by atoms with van der Waals surface area (Å²) in [5, 5.41) is 0.387. The van der Waals surface area contributed by atoms with Crippen molar-refractivity contribution in [1.29, 1.82) is 0 Å². The molecule has 1 nitrogen and oxygen atoms in total. The van der Waals surface area contributed by atoms with E-state index in [0.717, 1.165) is 6.61 Å². The lowest BCUT2D eigenvalue weighted by molar-refractivity contribution is -0.0144. The summed E-state index contributed by atoms with van der Waals surface area (Å²) < 4.78 is 5.78. The van der Waals surface area contributed by atoms with Gasteiger partial charge in [0.2, 0.25) is 0 Å². The molecular formula is C10H23OSi. The van der Waals surface area contributed by atoms with E-state index >= 15 is 0 Å². The third kappa shape index (κ3) is 4.94. The van der Waals surface area contributed by atoms with E-state index in [1.54, 1.807) is 0 Å². The van der Waals surface area contributed by atoms with Crippen molar-refractivity contribution in [3.05, 3.63) is 0 Å². The molecule has 0 heterocycles. The highest BCUT2D eigenvalue weighted by atomic mass is 28.3. The molecule has 0 fully saturated rings. The molecule has 0 N–H and O–H groups in total. The maximum atomic E-state index is 5.78. The maximum absolute atomic E-state index is 5.78. The zero-order chi connectivity index (χ0) is 9.99. The van der Waals surface area contributed by atoms with Crippen molar-refractivity contribution >= 4 is 8.80 Å². The van der Waals surface area contributed by atoms with Crippen molar-refractivity contribution < 1.29 is 4.74 Å². The lowest BCUT2D eigenvalue weighted by Crippen LogP contribution is -2.31. The molecule has 0 atom stereocenters. The molecule has 0 aliphatic rings. The van der Waals surface area contributed by atoms with Crippen molar-refractivity contribution in [3.63, 3.8) is 0 Å². The van der Waals surface area contributed by atoms with Gasteiger partial charge < -0.3 is 4.74 Å². The molecule has 0 unspecified atom stereocenters. The van der Waals surface area contributed by atoms with E-state index in [9.17, 15) is 0 Å².